The third-order valence-electron chi connectivity index (χ3n) is 3.73. The van der Waals surface area contributed by atoms with E-state index in [2.05, 4.69) is 4.90 Å². The minimum absolute atomic E-state index is 0.316. The highest BCUT2D eigenvalue weighted by molar-refractivity contribution is 7.99. The number of thioether (sulfide) groups is 1. The Hall–Kier alpha value is -0.220. The monoisotopic (exact) mass is 242 g/mol. The summed E-state index contributed by atoms with van der Waals surface area (Å²) in [5.41, 5.74) is 0. The molecule has 4 heteroatoms. The van der Waals surface area contributed by atoms with Gasteiger partial charge in [0, 0.05) is 32.7 Å². The summed E-state index contributed by atoms with van der Waals surface area (Å²) in [6.45, 7) is 5.30. The molecule has 1 amide bonds. The molecule has 0 radical (unpaired) electrons. The first-order chi connectivity index (χ1) is 7.79. The van der Waals surface area contributed by atoms with Gasteiger partial charge in [-0.2, -0.15) is 11.8 Å². The van der Waals surface area contributed by atoms with Gasteiger partial charge in [0.15, 0.2) is 0 Å². The smallest absolute Gasteiger partial charge is 0.232 e. The maximum absolute atomic E-state index is 11.7. The van der Waals surface area contributed by atoms with Crippen LogP contribution in [-0.2, 0) is 4.79 Å². The Labute approximate surface area is 103 Å². The van der Waals surface area contributed by atoms with Crippen LogP contribution in [0.2, 0.25) is 0 Å². The first-order valence-electron chi connectivity index (χ1n) is 6.28. The van der Waals surface area contributed by atoms with Crippen molar-refractivity contribution < 1.29 is 4.79 Å². The van der Waals surface area contributed by atoms with Gasteiger partial charge >= 0.3 is 0 Å². The van der Waals surface area contributed by atoms with Gasteiger partial charge in [0.05, 0.1) is 5.75 Å². The Balaban J connectivity index is 1.67. The molecule has 1 aliphatic heterocycles. The van der Waals surface area contributed by atoms with E-state index in [0.29, 0.717) is 11.7 Å². The molecule has 3 nitrogen and oxygen atoms in total. The highest BCUT2D eigenvalue weighted by Gasteiger charge is 2.24. The predicted octanol–water partition coefficient (Wildman–Crippen LogP) is 1.29. The van der Waals surface area contributed by atoms with E-state index < -0.39 is 0 Å². The minimum Gasteiger partial charge on any atom is -0.339 e. The van der Waals surface area contributed by atoms with Crippen molar-refractivity contribution in [2.24, 2.45) is 5.92 Å². The van der Waals surface area contributed by atoms with Crippen LogP contribution in [0.4, 0.5) is 0 Å². The van der Waals surface area contributed by atoms with Crippen LogP contribution in [0, 0.1) is 5.92 Å². The molecule has 1 saturated heterocycles. The summed E-state index contributed by atoms with van der Waals surface area (Å²) in [6, 6.07) is 0. The number of hydrogen-bond donors (Lipinski definition) is 0. The van der Waals surface area contributed by atoms with Crippen molar-refractivity contribution >= 4 is 17.7 Å². The molecule has 16 heavy (non-hydrogen) atoms. The molecule has 0 aromatic rings. The number of piperazine rings is 1. The lowest BCUT2D eigenvalue weighted by molar-refractivity contribution is -0.130. The number of carbonyl (C=O) groups is 1. The molecule has 0 N–H and O–H groups in total. The molecule has 0 aromatic carbocycles. The van der Waals surface area contributed by atoms with Gasteiger partial charge in [-0.05, 0) is 25.0 Å². The second-order valence-corrected chi connectivity index (χ2v) is 5.78. The summed E-state index contributed by atoms with van der Waals surface area (Å²) in [4.78, 5) is 16.2. The fourth-order valence-electron chi connectivity index (χ4n) is 2.44. The average Bonchev–Trinajstić information content (AvgIpc) is 2.25. The fraction of sp³-hybridized carbons (Fsp3) is 0.917. The first-order valence-corrected chi connectivity index (χ1v) is 7.68. The van der Waals surface area contributed by atoms with Crippen LogP contribution < -0.4 is 0 Å². The van der Waals surface area contributed by atoms with Crippen LogP contribution in [0.1, 0.15) is 19.3 Å². The van der Waals surface area contributed by atoms with Crippen LogP contribution in [0.15, 0.2) is 0 Å². The maximum Gasteiger partial charge on any atom is 0.232 e. The SMILES string of the molecule is CSCC(=O)N1CCN(CC2CCC2)CC1. The molecule has 1 heterocycles. The summed E-state index contributed by atoms with van der Waals surface area (Å²) < 4.78 is 0. The molecule has 0 unspecified atom stereocenters. The van der Waals surface area contributed by atoms with Gasteiger partial charge in [0.1, 0.15) is 0 Å². The van der Waals surface area contributed by atoms with Crippen LogP contribution in [-0.4, -0.2) is 60.4 Å². The van der Waals surface area contributed by atoms with E-state index in [9.17, 15) is 4.79 Å². The zero-order chi connectivity index (χ0) is 11.4. The van der Waals surface area contributed by atoms with E-state index in [1.807, 2.05) is 11.2 Å². The lowest BCUT2D eigenvalue weighted by Crippen LogP contribution is -2.50. The van der Waals surface area contributed by atoms with E-state index in [1.54, 1.807) is 11.8 Å². The van der Waals surface area contributed by atoms with Gasteiger partial charge in [-0.15, -0.1) is 0 Å². The molecule has 1 aliphatic carbocycles. The third-order valence-corrected chi connectivity index (χ3v) is 4.27. The Morgan fingerprint density at radius 2 is 1.94 bits per heavy atom. The van der Waals surface area contributed by atoms with E-state index >= 15 is 0 Å². The molecular weight excluding hydrogens is 220 g/mol. The highest BCUT2D eigenvalue weighted by Crippen LogP contribution is 2.27. The van der Waals surface area contributed by atoms with Gasteiger partial charge in [-0.1, -0.05) is 6.42 Å². The quantitative estimate of drug-likeness (QED) is 0.742. The van der Waals surface area contributed by atoms with Crippen molar-refractivity contribution in [1.29, 1.82) is 0 Å². The molecule has 92 valence electrons. The molecular formula is C12H22N2OS. The van der Waals surface area contributed by atoms with Gasteiger partial charge in [-0.25, -0.2) is 0 Å². The lowest BCUT2D eigenvalue weighted by Gasteiger charge is -2.38. The Kier molecular flexibility index (Phi) is 4.53. The topological polar surface area (TPSA) is 23.6 Å². The number of nitrogens with zero attached hydrogens (tertiary/aromatic N) is 2. The van der Waals surface area contributed by atoms with Crippen molar-refractivity contribution in [3.05, 3.63) is 0 Å². The Morgan fingerprint density at radius 3 is 2.44 bits per heavy atom. The summed E-state index contributed by atoms with van der Waals surface area (Å²) in [5.74, 6) is 1.91. The second-order valence-electron chi connectivity index (χ2n) is 4.91. The van der Waals surface area contributed by atoms with Crippen molar-refractivity contribution in [2.75, 3.05) is 44.7 Å². The van der Waals surface area contributed by atoms with Crippen LogP contribution in [0.3, 0.4) is 0 Å². The van der Waals surface area contributed by atoms with E-state index in [-0.39, 0.29) is 0 Å². The van der Waals surface area contributed by atoms with Gasteiger partial charge < -0.3 is 4.90 Å². The number of carbonyl (C=O) groups excluding carboxylic acids is 1. The van der Waals surface area contributed by atoms with Gasteiger partial charge in [0.25, 0.3) is 0 Å². The van der Waals surface area contributed by atoms with Crippen molar-refractivity contribution in [3.63, 3.8) is 0 Å². The largest absolute Gasteiger partial charge is 0.339 e. The molecule has 0 bridgehead atoms. The van der Waals surface area contributed by atoms with E-state index in [1.165, 1.54) is 25.8 Å². The summed E-state index contributed by atoms with van der Waals surface area (Å²) in [7, 11) is 0. The normalized spacial score (nSPS) is 23.2. The number of amides is 1. The maximum atomic E-state index is 11.7. The predicted molar refractivity (Wildman–Crippen MR) is 68.7 cm³/mol. The molecule has 2 rings (SSSR count). The van der Waals surface area contributed by atoms with Gasteiger partial charge in [-0.3, -0.25) is 9.69 Å². The Morgan fingerprint density at radius 1 is 1.25 bits per heavy atom. The summed E-state index contributed by atoms with van der Waals surface area (Å²) >= 11 is 1.62. The zero-order valence-electron chi connectivity index (χ0n) is 10.2. The van der Waals surface area contributed by atoms with Crippen LogP contribution >= 0.6 is 11.8 Å². The highest BCUT2D eigenvalue weighted by atomic mass is 32.2. The average molecular weight is 242 g/mol. The van der Waals surface area contributed by atoms with Gasteiger partial charge in [0.2, 0.25) is 5.91 Å². The molecule has 0 atom stereocenters. The summed E-state index contributed by atoms with van der Waals surface area (Å²) in [5, 5.41) is 0. The molecule has 0 aromatic heterocycles. The number of hydrogen-bond acceptors (Lipinski definition) is 3. The van der Waals surface area contributed by atoms with Crippen LogP contribution in [0.25, 0.3) is 0 Å². The minimum atomic E-state index is 0.316. The van der Waals surface area contributed by atoms with Crippen molar-refractivity contribution in [2.45, 2.75) is 19.3 Å². The third kappa shape index (κ3) is 3.14. The van der Waals surface area contributed by atoms with E-state index in [4.69, 9.17) is 0 Å². The second kappa shape index (κ2) is 5.92. The molecule has 2 aliphatic rings. The van der Waals surface area contributed by atoms with Crippen molar-refractivity contribution in [3.8, 4) is 0 Å². The zero-order valence-corrected chi connectivity index (χ0v) is 11.0. The molecule has 0 spiro atoms. The fourth-order valence-corrected chi connectivity index (χ4v) is 2.86. The number of rotatable bonds is 4. The standard InChI is InChI=1S/C12H22N2OS/c1-16-10-12(15)14-7-5-13(6-8-14)9-11-3-2-4-11/h11H,2-10H2,1H3. The summed E-state index contributed by atoms with van der Waals surface area (Å²) in [6.07, 6.45) is 6.26. The van der Waals surface area contributed by atoms with Crippen molar-refractivity contribution in [1.82, 2.24) is 9.80 Å². The first kappa shape index (κ1) is 12.2. The Bertz CT molecular complexity index is 235. The van der Waals surface area contributed by atoms with E-state index in [0.717, 1.165) is 32.1 Å². The molecule has 2 fully saturated rings. The lowest BCUT2D eigenvalue weighted by atomic mass is 9.85. The van der Waals surface area contributed by atoms with Crippen LogP contribution in [0.5, 0.6) is 0 Å². The molecule has 1 saturated carbocycles.